The number of carbonyl (C=O) groups is 1. The molecule has 10 heteroatoms. The molecule has 3 fully saturated rings. The van der Waals surface area contributed by atoms with Crippen LogP contribution in [0.3, 0.4) is 0 Å². The van der Waals surface area contributed by atoms with E-state index in [-0.39, 0.29) is 29.3 Å². The van der Waals surface area contributed by atoms with Gasteiger partial charge in [0.15, 0.2) is 0 Å². The number of fused-ring (bicyclic) bond motifs is 2. The highest BCUT2D eigenvalue weighted by atomic mass is 35.5. The minimum atomic E-state index is -1.37. The Labute approximate surface area is 206 Å². The summed E-state index contributed by atoms with van der Waals surface area (Å²) in [6.45, 7) is 0.402. The van der Waals surface area contributed by atoms with Crippen molar-refractivity contribution < 1.29 is 23.1 Å². The van der Waals surface area contributed by atoms with Crippen LogP contribution in [0.2, 0.25) is 5.02 Å². The van der Waals surface area contributed by atoms with Gasteiger partial charge >= 0.3 is 0 Å². The Bertz CT molecular complexity index is 1100. The van der Waals surface area contributed by atoms with Gasteiger partial charge < -0.3 is 15.7 Å². The molecule has 3 saturated carbocycles. The fraction of sp³-hybridized carbons (Fsp3) is 0.560. The highest BCUT2D eigenvalue weighted by molar-refractivity contribution is 6.30. The van der Waals surface area contributed by atoms with Gasteiger partial charge in [-0.05, 0) is 74.6 Å². The normalized spacial score (nSPS) is 32.5. The van der Waals surface area contributed by atoms with Crippen molar-refractivity contribution in [2.45, 2.75) is 62.8 Å². The highest BCUT2D eigenvalue weighted by Crippen LogP contribution is 2.63. The third kappa shape index (κ3) is 4.60. The molecule has 188 valence electrons. The number of anilines is 1. The quantitative estimate of drug-likeness (QED) is 0.470. The molecular weight excluding hydrogens is 481 g/mol. The van der Waals surface area contributed by atoms with E-state index in [0.717, 1.165) is 12.1 Å². The van der Waals surface area contributed by atoms with Crippen LogP contribution in [0.4, 0.5) is 19.0 Å². The lowest BCUT2D eigenvalue weighted by Crippen LogP contribution is -2.42. The van der Waals surface area contributed by atoms with E-state index in [1.54, 1.807) is 18.3 Å². The molecule has 0 unspecified atom stereocenters. The van der Waals surface area contributed by atoms with Crippen molar-refractivity contribution in [1.29, 1.82) is 0 Å². The van der Waals surface area contributed by atoms with Crippen molar-refractivity contribution in [1.82, 2.24) is 15.5 Å². The van der Waals surface area contributed by atoms with Gasteiger partial charge in [-0.25, -0.2) is 13.2 Å². The molecule has 3 aliphatic carbocycles. The van der Waals surface area contributed by atoms with Crippen LogP contribution in [-0.2, 0) is 4.79 Å². The molecule has 4 atom stereocenters. The summed E-state index contributed by atoms with van der Waals surface area (Å²) in [7, 11) is 0. The lowest BCUT2D eigenvalue weighted by molar-refractivity contribution is -0.127. The van der Waals surface area contributed by atoms with Crippen LogP contribution in [0.15, 0.2) is 30.5 Å². The maximum atomic E-state index is 15.1. The van der Waals surface area contributed by atoms with E-state index in [0.29, 0.717) is 44.5 Å². The maximum Gasteiger partial charge on any atom is 0.223 e. The van der Waals surface area contributed by atoms with E-state index in [9.17, 15) is 14.3 Å². The van der Waals surface area contributed by atoms with Crippen molar-refractivity contribution >= 4 is 23.3 Å². The number of nitrogens with one attached hydrogen (secondary N) is 2. The molecule has 0 saturated heterocycles. The molecule has 0 spiro atoms. The average molecular weight is 509 g/mol. The second-order valence-corrected chi connectivity index (χ2v) is 10.8. The molecule has 1 heterocycles. The molecular formula is C25H28ClF3N4O2. The van der Waals surface area contributed by atoms with Crippen molar-refractivity contribution in [3.8, 4) is 0 Å². The van der Waals surface area contributed by atoms with Crippen LogP contribution in [-0.4, -0.2) is 39.5 Å². The van der Waals surface area contributed by atoms with Gasteiger partial charge in [-0.2, -0.15) is 5.10 Å². The number of aliphatic hydroxyl groups excluding tert-OH is 1. The van der Waals surface area contributed by atoms with Crippen molar-refractivity contribution in [3.63, 3.8) is 0 Å². The fourth-order valence-corrected chi connectivity index (χ4v) is 6.50. The Hall–Kier alpha value is -2.39. The van der Waals surface area contributed by atoms with Gasteiger partial charge in [0.25, 0.3) is 0 Å². The molecule has 5 rings (SSSR count). The van der Waals surface area contributed by atoms with Crippen LogP contribution < -0.4 is 10.6 Å². The lowest BCUT2D eigenvalue weighted by Gasteiger charge is -2.37. The molecule has 0 aliphatic heterocycles. The number of benzene rings is 1. The Morgan fingerprint density at radius 3 is 2.63 bits per heavy atom. The Morgan fingerprint density at radius 1 is 1.20 bits per heavy atom. The number of rotatable bonds is 7. The predicted octanol–water partition coefficient (Wildman–Crippen LogP) is 4.74. The van der Waals surface area contributed by atoms with E-state index in [1.165, 1.54) is 0 Å². The second-order valence-electron chi connectivity index (χ2n) is 10.4. The van der Waals surface area contributed by atoms with E-state index in [2.05, 4.69) is 20.8 Å². The van der Waals surface area contributed by atoms with Gasteiger partial charge in [0, 0.05) is 30.1 Å². The number of hydrogen-bond donors (Lipinski definition) is 3. The largest absolute Gasteiger partial charge is 0.393 e. The second kappa shape index (κ2) is 9.24. The van der Waals surface area contributed by atoms with Crippen molar-refractivity contribution in [2.75, 3.05) is 11.9 Å². The molecule has 2 aromatic rings. The van der Waals surface area contributed by atoms with Gasteiger partial charge in [0.05, 0.1) is 17.2 Å². The van der Waals surface area contributed by atoms with Crippen LogP contribution in [0.25, 0.3) is 0 Å². The molecule has 1 amide bonds. The fourth-order valence-electron chi connectivity index (χ4n) is 6.34. The van der Waals surface area contributed by atoms with Crippen LogP contribution in [0.1, 0.15) is 56.6 Å². The first-order valence-electron chi connectivity index (χ1n) is 12.0. The van der Waals surface area contributed by atoms with Gasteiger partial charge in [-0.3, -0.25) is 4.79 Å². The van der Waals surface area contributed by atoms with E-state index < -0.39 is 46.7 Å². The number of nitrogens with zero attached hydrogens (tertiary/aromatic N) is 2. The summed E-state index contributed by atoms with van der Waals surface area (Å²) in [5.41, 5.74) is -2.45. The number of aliphatic hydroxyl groups is 1. The Balaban J connectivity index is 1.35. The predicted molar refractivity (Wildman–Crippen MR) is 124 cm³/mol. The van der Waals surface area contributed by atoms with Crippen LogP contribution in [0, 0.1) is 28.9 Å². The zero-order valence-corrected chi connectivity index (χ0v) is 19.9. The molecule has 3 aliphatic rings. The average Bonchev–Trinajstić information content (AvgIpc) is 3.51. The van der Waals surface area contributed by atoms with Gasteiger partial charge in [0.2, 0.25) is 5.91 Å². The van der Waals surface area contributed by atoms with Gasteiger partial charge in [-0.1, -0.05) is 11.6 Å². The summed E-state index contributed by atoms with van der Waals surface area (Å²) in [6, 6.07) is 4.67. The molecule has 6 nitrogen and oxygen atoms in total. The number of aromatic nitrogens is 2. The van der Waals surface area contributed by atoms with Crippen LogP contribution >= 0.6 is 11.6 Å². The number of halogens is 4. The Kier molecular flexibility index (Phi) is 6.42. The number of carbonyl (C=O) groups excluding carboxylic acids is 1. The highest BCUT2D eigenvalue weighted by Gasteiger charge is 2.59. The van der Waals surface area contributed by atoms with Crippen molar-refractivity contribution in [3.05, 3.63) is 52.7 Å². The van der Waals surface area contributed by atoms with Gasteiger partial charge in [0.1, 0.15) is 23.1 Å². The molecule has 1 aromatic carbocycles. The minimum absolute atomic E-state index is 0.147. The topological polar surface area (TPSA) is 87.1 Å². The lowest BCUT2D eigenvalue weighted by atomic mass is 9.74. The number of amides is 1. The summed E-state index contributed by atoms with van der Waals surface area (Å²) in [5, 5.41) is 24.1. The summed E-state index contributed by atoms with van der Waals surface area (Å²) in [5.74, 6) is -2.32. The smallest absolute Gasteiger partial charge is 0.223 e. The molecule has 2 bridgehead atoms. The minimum Gasteiger partial charge on any atom is -0.393 e. The first-order valence-corrected chi connectivity index (χ1v) is 12.4. The molecule has 0 radical (unpaired) electrons. The van der Waals surface area contributed by atoms with Crippen molar-refractivity contribution in [2.24, 2.45) is 17.3 Å². The summed E-state index contributed by atoms with van der Waals surface area (Å²) in [6.07, 6.45) is 3.08. The standard InChI is InChI=1S/C25H28ClF3N4O2/c26-16-3-4-17(27)20(21(16)28)22(24-5-7-25(29,13-24)8-6-24)32-23(35)14-10-15(18(34)11-14)12-30-19-2-1-9-31-33-19/h1-4,9,14-15,18,22,34H,5-8,10-13H2,(H,30,33)(H,32,35)/t14-,15+,18+,22+,24?,25?/m0/s1. The monoisotopic (exact) mass is 508 g/mol. The Morgan fingerprint density at radius 2 is 1.97 bits per heavy atom. The third-order valence-electron chi connectivity index (χ3n) is 8.22. The summed E-state index contributed by atoms with van der Waals surface area (Å²) in [4.78, 5) is 13.4. The molecule has 3 N–H and O–H groups in total. The zero-order valence-electron chi connectivity index (χ0n) is 19.1. The van der Waals surface area contributed by atoms with E-state index >= 15 is 8.78 Å². The summed E-state index contributed by atoms with van der Waals surface area (Å²) < 4.78 is 45.2. The third-order valence-corrected chi connectivity index (χ3v) is 8.52. The molecule has 1 aromatic heterocycles. The summed E-state index contributed by atoms with van der Waals surface area (Å²) >= 11 is 5.97. The SMILES string of the molecule is O=C(N[C@H](c1c(F)ccc(Cl)c1F)C12CCC(F)(CC1)C2)[C@H]1C[C@H](CNc2cccnn2)[C@H](O)C1. The first kappa shape index (κ1) is 24.3. The van der Waals surface area contributed by atoms with E-state index in [1.807, 2.05) is 0 Å². The van der Waals surface area contributed by atoms with E-state index in [4.69, 9.17) is 11.6 Å². The maximum absolute atomic E-state index is 15.1. The zero-order chi connectivity index (χ0) is 24.8. The van der Waals surface area contributed by atoms with Crippen LogP contribution in [0.5, 0.6) is 0 Å². The van der Waals surface area contributed by atoms with Gasteiger partial charge in [-0.15, -0.1) is 5.10 Å². The number of alkyl halides is 1. The first-order chi connectivity index (χ1) is 16.7. The molecule has 35 heavy (non-hydrogen) atoms. The number of hydrogen-bond acceptors (Lipinski definition) is 5.